The molecule has 24 heavy (non-hydrogen) atoms. The molecule has 0 spiro atoms. The first-order chi connectivity index (χ1) is 11.6. The van der Waals surface area contributed by atoms with Gasteiger partial charge in [-0.15, -0.1) is 10.2 Å². The van der Waals surface area contributed by atoms with E-state index in [0.717, 1.165) is 42.7 Å². The number of rotatable bonds is 5. The minimum absolute atomic E-state index is 0.198. The Morgan fingerprint density at radius 2 is 2.12 bits per heavy atom. The van der Waals surface area contributed by atoms with E-state index in [0.29, 0.717) is 11.6 Å². The lowest BCUT2D eigenvalue weighted by Crippen LogP contribution is -2.36. The Labute approximate surface area is 145 Å². The number of nitrogens with one attached hydrogen (secondary N) is 1. The van der Waals surface area contributed by atoms with Crippen LogP contribution in [0.5, 0.6) is 0 Å². The van der Waals surface area contributed by atoms with E-state index in [-0.39, 0.29) is 11.8 Å². The molecule has 0 radical (unpaired) electrons. The van der Waals surface area contributed by atoms with Gasteiger partial charge in [-0.2, -0.15) is 0 Å². The highest BCUT2D eigenvalue weighted by Crippen LogP contribution is 2.19. The molecular formula is C16H21N5O2S. The molecule has 0 atom stereocenters. The van der Waals surface area contributed by atoms with Crippen molar-refractivity contribution in [3.05, 3.63) is 33.9 Å². The predicted molar refractivity (Wildman–Crippen MR) is 92.4 cm³/mol. The van der Waals surface area contributed by atoms with Crippen molar-refractivity contribution >= 4 is 23.1 Å². The summed E-state index contributed by atoms with van der Waals surface area (Å²) in [5.41, 5.74) is 0.953. The number of pyridine rings is 1. The van der Waals surface area contributed by atoms with Gasteiger partial charge in [0.15, 0.2) is 0 Å². The molecule has 1 N–H and O–H groups in total. The summed E-state index contributed by atoms with van der Waals surface area (Å²) in [6.45, 7) is 7.68. The molecule has 0 unspecified atom stereocenters. The number of ether oxygens (including phenoxy) is 1. The highest BCUT2D eigenvalue weighted by molar-refractivity contribution is 7.13. The van der Waals surface area contributed by atoms with E-state index >= 15 is 0 Å². The molecule has 0 aliphatic carbocycles. The Morgan fingerprint density at radius 3 is 2.75 bits per heavy atom. The number of hydrogen-bond donors (Lipinski definition) is 1. The van der Waals surface area contributed by atoms with Crippen LogP contribution in [0.4, 0.5) is 5.82 Å². The average molecular weight is 347 g/mol. The van der Waals surface area contributed by atoms with Crippen molar-refractivity contribution in [2.75, 3.05) is 31.2 Å². The van der Waals surface area contributed by atoms with Gasteiger partial charge in [-0.3, -0.25) is 4.79 Å². The number of carbonyl (C=O) groups excluding carboxylic acids is 1. The van der Waals surface area contributed by atoms with Crippen LogP contribution in [0.3, 0.4) is 0 Å². The van der Waals surface area contributed by atoms with Gasteiger partial charge in [0.25, 0.3) is 5.91 Å². The van der Waals surface area contributed by atoms with E-state index in [1.54, 1.807) is 6.20 Å². The number of anilines is 1. The summed E-state index contributed by atoms with van der Waals surface area (Å²) in [6.07, 6.45) is 1.80. The van der Waals surface area contributed by atoms with Gasteiger partial charge < -0.3 is 15.0 Å². The van der Waals surface area contributed by atoms with E-state index in [2.05, 4.69) is 25.4 Å². The minimum Gasteiger partial charge on any atom is -0.378 e. The van der Waals surface area contributed by atoms with Gasteiger partial charge in [-0.1, -0.05) is 31.3 Å². The first-order valence-electron chi connectivity index (χ1n) is 8.02. The largest absolute Gasteiger partial charge is 0.378 e. The summed E-state index contributed by atoms with van der Waals surface area (Å²) in [7, 11) is 0. The number of amides is 1. The topological polar surface area (TPSA) is 80.2 Å². The molecule has 128 valence electrons. The SMILES string of the molecule is CC(C)c1nnc(C(=O)NCc2ccc(N3CCOCC3)nc2)s1. The maximum atomic E-state index is 12.1. The maximum absolute atomic E-state index is 12.1. The fourth-order valence-electron chi connectivity index (χ4n) is 2.32. The number of hydrogen-bond acceptors (Lipinski definition) is 7. The Balaban J connectivity index is 1.54. The Bertz CT molecular complexity index is 680. The van der Waals surface area contributed by atoms with E-state index in [1.165, 1.54) is 11.3 Å². The van der Waals surface area contributed by atoms with Crippen molar-refractivity contribution in [2.24, 2.45) is 0 Å². The van der Waals surface area contributed by atoms with E-state index in [9.17, 15) is 4.79 Å². The second-order valence-corrected chi connectivity index (χ2v) is 6.92. The van der Waals surface area contributed by atoms with Crippen molar-refractivity contribution in [2.45, 2.75) is 26.3 Å². The van der Waals surface area contributed by atoms with Crippen LogP contribution >= 0.6 is 11.3 Å². The van der Waals surface area contributed by atoms with Crippen LogP contribution in [-0.4, -0.2) is 47.4 Å². The highest BCUT2D eigenvalue weighted by Gasteiger charge is 2.15. The van der Waals surface area contributed by atoms with Crippen LogP contribution in [-0.2, 0) is 11.3 Å². The van der Waals surface area contributed by atoms with Crippen LogP contribution in [0.1, 0.15) is 40.1 Å². The number of nitrogens with zero attached hydrogens (tertiary/aromatic N) is 4. The zero-order valence-corrected chi connectivity index (χ0v) is 14.7. The molecule has 2 aromatic heterocycles. The van der Waals surface area contributed by atoms with Crippen molar-refractivity contribution < 1.29 is 9.53 Å². The molecule has 0 bridgehead atoms. The van der Waals surface area contributed by atoms with E-state index in [4.69, 9.17) is 4.74 Å². The second kappa shape index (κ2) is 7.67. The lowest BCUT2D eigenvalue weighted by Gasteiger charge is -2.27. The van der Waals surface area contributed by atoms with Gasteiger partial charge in [0.05, 0.1) is 13.2 Å². The third-order valence-corrected chi connectivity index (χ3v) is 4.95. The van der Waals surface area contributed by atoms with Gasteiger partial charge in [0, 0.05) is 31.7 Å². The maximum Gasteiger partial charge on any atom is 0.282 e. The standard InChI is InChI=1S/C16H21N5O2S/c1-11(2)15-19-20-16(24-15)14(22)18-10-12-3-4-13(17-9-12)21-5-7-23-8-6-21/h3-4,9,11H,5-8,10H2,1-2H3,(H,18,22). The fourth-order valence-corrected chi connectivity index (χ4v) is 3.08. The molecule has 1 saturated heterocycles. The molecule has 1 amide bonds. The molecule has 1 aliphatic heterocycles. The molecule has 3 rings (SSSR count). The molecule has 0 aromatic carbocycles. The molecule has 8 heteroatoms. The van der Waals surface area contributed by atoms with Gasteiger partial charge >= 0.3 is 0 Å². The quantitative estimate of drug-likeness (QED) is 0.889. The fraction of sp³-hybridized carbons (Fsp3) is 0.500. The Kier molecular flexibility index (Phi) is 5.37. The molecule has 2 aromatic rings. The summed E-state index contributed by atoms with van der Waals surface area (Å²) in [5.74, 6) is 1.02. The zero-order valence-electron chi connectivity index (χ0n) is 13.9. The van der Waals surface area contributed by atoms with Gasteiger partial charge in [-0.25, -0.2) is 4.98 Å². The third-order valence-electron chi connectivity index (χ3n) is 3.73. The normalized spacial score (nSPS) is 14.9. The van der Waals surface area contributed by atoms with E-state index in [1.807, 2.05) is 26.0 Å². The first kappa shape index (κ1) is 16.8. The van der Waals surface area contributed by atoms with Gasteiger partial charge in [0.1, 0.15) is 10.8 Å². The smallest absolute Gasteiger partial charge is 0.282 e. The third kappa shape index (κ3) is 4.07. The molecule has 1 fully saturated rings. The van der Waals surface area contributed by atoms with Gasteiger partial charge in [-0.05, 0) is 11.6 Å². The van der Waals surface area contributed by atoms with Crippen LogP contribution in [0, 0.1) is 0 Å². The summed E-state index contributed by atoms with van der Waals surface area (Å²) >= 11 is 1.34. The molecule has 3 heterocycles. The minimum atomic E-state index is -0.198. The number of aromatic nitrogens is 3. The molecule has 7 nitrogen and oxygen atoms in total. The Hall–Kier alpha value is -2.06. The van der Waals surface area contributed by atoms with Crippen molar-refractivity contribution in [3.63, 3.8) is 0 Å². The number of carbonyl (C=O) groups is 1. The van der Waals surface area contributed by atoms with Crippen LogP contribution < -0.4 is 10.2 Å². The first-order valence-corrected chi connectivity index (χ1v) is 8.84. The molecular weight excluding hydrogens is 326 g/mol. The summed E-state index contributed by atoms with van der Waals surface area (Å²) in [6, 6.07) is 3.96. The van der Waals surface area contributed by atoms with Crippen LogP contribution in [0.25, 0.3) is 0 Å². The number of morpholine rings is 1. The van der Waals surface area contributed by atoms with Crippen molar-refractivity contribution in [1.29, 1.82) is 0 Å². The van der Waals surface area contributed by atoms with Crippen LogP contribution in [0.2, 0.25) is 0 Å². The lowest BCUT2D eigenvalue weighted by molar-refractivity contribution is 0.0949. The second-order valence-electron chi connectivity index (χ2n) is 5.91. The van der Waals surface area contributed by atoms with Crippen molar-refractivity contribution in [3.8, 4) is 0 Å². The highest BCUT2D eigenvalue weighted by atomic mass is 32.1. The summed E-state index contributed by atoms with van der Waals surface area (Å²) < 4.78 is 5.34. The average Bonchev–Trinajstić information content (AvgIpc) is 3.11. The zero-order chi connectivity index (χ0) is 16.9. The predicted octanol–water partition coefficient (Wildman–Crippen LogP) is 1.82. The van der Waals surface area contributed by atoms with E-state index < -0.39 is 0 Å². The summed E-state index contributed by atoms with van der Waals surface area (Å²) in [5, 5.41) is 12.1. The molecule has 1 aliphatic rings. The molecule has 0 saturated carbocycles. The van der Waals surface area contributed by atoms with Gasteiger partial charge in [0.2, 0.25) is 5.01 Å². The monoisotopic (exact) mass is 347 g/mol. The lowest BCUT2D eigenvalue weighted by atomic mass is 10.2. The Morgan fingerprint density at radius 1 is 1.33 bits per heavy atom. The summed E-state index contributed by atoms with van der Waals surface area (Å²) in [4.78, 5) is 18.8. The van der Waals surface area contributed by atoms with Crippen LogP contribution in [0.15, 0.2) is 18.3 Å². The van der Waals surface area contributed by atoms with Crippen molar-refractivity contribution in [1.82, 2.24) is 20.5 Å².